The molecule has 0 saturated carbocycles. The van der Waals surface area contributed by atoms with E-state index in [0.29, 0.717) is 17.3 Å². The molecule has 0 aliphatic rings. The number of fused-ring (bicyclic) bond motifs is 1. The minimum atomic E-state index is 0.466. The molecule has 0 amide bonds. The highest BCUT2D eigenvalue weighted by atomic mass is 79.9. The molecule has 3 rings (SSSR count). The average Bonchev–Trinajstić information content (AvgIpc) is 2.45. The van der Waals surface area contributed by atoms with Crippen molar-refractivity contribution in [2.75, 3.05) is 5.73 Å². The van der Waals surface area contributed by atoms with Crippen molar-refractivity contribution in [2.45, 2.75) is 13.3 Å². The van der Waals surface area contributed by atoms with Gasteiger partial charge in [-0.3, -0.25) is 0 Å². The molecule has 0 spiro atoms. The van der Waals surface area contributed by atoms with Gasteiger partial charge < -0.3 is 5.73 Å². The van der Waals surface area contributed by atoms with Crippen LogP contribution in [0.15, 0.2) is 40.9 Å². The second kappa shape index (κ2) is 5.17. The van der Waals surface area contributed by atoms with Crippen molar-refractivity contribution in [3.63, 3.8) is 0 Å². The number of nitrogens with zero attached hydrogens (tertiary/aromatic N) is 3. The molecule has 0 radical (unpaired) electrons. The molecule has 3 aromatic rings. The third-order valence-electron chi connectivity index (χ3n) is 3.05. The Labute approximate surface area is 125 Å². The summed E-state index contributed by atoms with van der Waals surface area (Å²) in [5.41, 5.74) is 8.38. The number of hydrogen-bond donors (Lipinski definition) is 1. The minimum absolute atomic E-state index is 0.466. The lowest BCUT2D eigenvalue weighted by molar-refractivity contribution is 1.00. The van der Waals surface area contributed by atoms with Crippen LogP contribution in [0.4, 0.5) is 5.82 Å². The number of para-hydroxylation sites is 1. The zero-order valence-electron chi connectivity index (χ0n) is 11.0. The van der Waals surface area contributed by atoms with E-state index in [1.807, 2.05) is 37.3 Å². The largest absolute Gasteiger partial charge is 0.384 e. The lowest BCUT2D eigenvalue weighted by atomic mass is 10.2. The fourth-order valence-corrected chi connectivity index (χ4v) is 2.57. The van der Waals surface area contributed by atoms with E-state index >= 15 is 0 Å². The maximum atomic E-state index is 5.84. The Balaban J connectivity index is 2.23. The van der Waals surface area contributed by atoms with Crippen molar-refractivity contribution in [1.82, 2.24) is 15.0 Å². The Hall–Kier alpha value is -2.01. The Bertz CT molecular complexity index is 786. The third kappa shape index (κ3) is 2.36. The van der Waals surface area contributed by atoms with Crippen LogP contribution in [0.3, 0.4) is 0 Å². The van der Waals surface area contributed by atoms with Gasteiger partial charge in [0.15, 0.2) is 5.82 Å². The normalized spacial score (nSPS) is 10.9. The van der Waals surface area contributed by atoms with Gasteiger partial charge in [0, 0.05) is 21.6 Å². The number of nitrogen functional groups attached to an aromatic ring is 1. The topological polar surface area (TPSA) is 64.7 Å². The summed E-state index contributed by atoms with van der Waals surface area (Å²) in [4.78, 5) is 13.4. The fraction of sp³-hybridized carbons (Fsp3) is 0.133. The second-order valence-corrected chi connectivity index (χ2v) is 5.33. The predicted octanol–water partition coefficient (Wildman–Crippen LogP) is 3.60. The number of aryl methyl sites for hydroxylation is 1. The monoisotopic (exact) mass is 328 g/mol. The van der Waals surface area contributed by atoms with Crippen LogP contribution in [0.1, 0.15) is 12.6 Å². The molecule has 0 saturated heterocycles. The molecule has 0 aliphatic carbocycles. The van der Waals surface area contributed by atoms with E-state index in [1.165, 1.54) is 0 Å². The van der Waals surface area contributed by atoms with E-state index in [2.05, 4.69) is 30.9 Å². The first-order valence-electron chi connectivity index (χ1n) is 6.36. The molecule has 1 aromatic carbocycles. The summed E-state index contributed by atoms with van der Waals surface area (Å²) in [6.45, 7) is 2.04. The molecule has 0 atom stereocenters. The maximum absolute atomic E-state index is 5.84. The molecule has 0 aliphatic heterocycles. The van der Waals surface area contributed by atoms with E-state index in [1.54, 1.807) is 6.07 Å². The van der Waals surface area contributed by atoms with Crippen molar-refractivity contribution in [1.29, 1.82) is 0 Å². The molecular weight excluding hydrogens is 316 g/mol. The molecule has 2 heterocycles. The zero-order valence-corrected chi connectivity index (χ0v) is 12.6. The van der Waals surface area contributed by atoms with Gasteiger partial charge in [-0.2, -0.15) is 0 Å². The fourth-order valence-electron chi connectivity index (χ4n) is 2.05. The van der Waals surface area contributed by atoms with Gasteiger partial charge in [-0.1, -0.05) is 25.1 Å². The van der Waals surface area contributed by atoms with E-state index in [4.69, 9.17) is 5.73 Å². The minimum Gasteiger partial charge on any atom is -0.384 e. The number of aromatic nitrogens is 3. The van der Waals surface area contributed by atoms with Crippen molar-refractivity contribution in [3.05, 3.63) is 46.6 Å². The SMILES string of the molecule is CCc1cc(N)nc(-c2nc3ccccc3cc2Br)n1. The smallest absolute Gasteiger partial charge is 0.181 e. The van der Waals surface area contributed by atoms with Crippen LogP contribution in [-0.4, -0.2) is 15.0 Å². The van der Waals surface area contributed by atoms with Crippen molar-refractivity contribution >= 4 is 32.7 Å². The number of rotatable bonds is 2. The van der Waals surface area contributed by atoms with Gasteiger partial charge in [-0.25, -0.2) is 15.0 Å². The van der Waals surface area contributed by atoms with Crippen LogP contribution in [0.5, 0.6) is 0 Å². The van der Waals surface area contributed by atoms with E-state index in [0.717, 1.165) is 27.5 Å². The van der Waals surface area contributed by atoms with Crippen molar-refractivity contribution in [3.8, 4) is 11.5 Å². The second-order valence-electron chi connectivity index (χ2n) is 4.47. The summed E-state index contributed by atoms with van der Waals surface area (Å²) in [7, 11) is 0. The number of halogens is 1. The summed E-state index contributed by atoms with van der Waals surface area (Å²) >= 11 is 3.54. The van der Waals surface area contributed by atoms with Gasteiger partial charge in [0.2, 0.25) is 0 Å². The lowest BCUT2D eigenvalue weighted by Crippen LogP contribution is -2.01. The predicted molar refractivity (Wildman–Crippen MR) is 84.3 cm³/mol. The summed E-state index contributed by atoms with van der Waals surface area (Å²) in [5, 5.41) is 1.07. The summed E-state index contributed by atoms with van der Waals surface area (Å²) in [6.07, 6.45) is 0.810. The summed E-state index contributed by atoms with van der Waals surface area (Å²) in [6, 6.07) is 11.8. The first-order chi connectivity index (χ1) is 9.67. The summed E-state index contributed by atoms with van der Waals surface area (Å²) < 4.78 is 0.865. The number of nitrogens with two attached hydrogens (primary N) is 1. The van der Waals surface area contributed by atoms with Crippen LogP contribution < -0.4 is 5.73 Å². The van der Waals surface area contributed by atoms with Crippen LogP contribution in [0, 0.1) is 0 Å². The lowest BCUT2D eigenvalue weighted by Gasteiger charge is -2.07. The standard InChI is InChI=1S/C15H13BrN4/c1-2-10-8-13(17)20-15(18-10)14-11(16)7-9-5-3-4-6-12(9)19-14/h3-8H,2H2,1H3,(H2,17,18,20). The first-order valence-corrected chi connectivity index (χ1v) is 7.16. The molecule has 0 bridgehead atoms. The Kier molecular flexibility index (Phi) is 3.36. The highest BCUT2D eigenvalue weighted by Gasteiger charge is 2.11. The van der Waals surface area contributed by atoms with E-state index in [9.17, 15) is 0 Å². The number of hydrogen-bond acceptors (Lipinski definition) is 4. The molecule has 20 heavy (non-hydrogen) atoms. The van der Waals surface area contributed by atoms with Crippen molar-refractivity contribution in [2.24, 2.45) is 0 Å². The van der Waals surface area contributed by atoms with Gasteiger partial charge in [0.1, 0.15) is 11.5 Å². The van der Waals surface area contributed by atoms with Gasteiger partial charge >= 0.3 is 0 Å². The maximum Gasteiger partial charge on any atom is 0.181 e. The first kappa shape index (κ1) is 13.0. The van der Waals surface area contributed by atoms with Crippen LogP contribution in [-0.2, 0) is 6.42 Å². The van der Waals surface area contributed by atoms with E-state index in [-0.39, 0.29) is 0 Å². The van der Waals surface area contributed by atoms with Gasteiger partial charge in [0.05, 0.1) is 5.52 Å². The Morgan fingerprint density at radius 1 is 1.10 bits per heavy atom. The Morgan fingerprint density at radius 3 is 2.70 bits per heavy atom. The molecule has 0 unspecified atom stereocenters. The van der Waals surface area contributed by atoms with Gasteiger partial charge in [0.25, 0.3) is 0 Å². The third-order valence-corrected chi connectivity index (χ3v) is 3.65. The van der Waals surface area contributed by atoms with Crippen molar-refractivity contribution < 1.29 is 0 Å². The molecule has 100 valence electrons. The molecule has 2 N–H and O–H groups in total. The summed E-state index contributed by atoms with van der Waals surface area (Å²) in [5.74, 6) is 1.02. The molecule has 2 aromatic heterocycles. The Morgan fingerprint density at radius 2 is 1.90 bits per heavy atom. The number of benzene rings is 1. The van der Waals surface area contributed by atoms with Crippen LogP contribution in [0.25, 0.3) is 22.4 Å². The molecular formula is C15H13BrN4. The van der Waals surface area contributed by atoms with Gasteiger partial charge in [-0.05, 0) is 34.5 Å². The van der Waals surface area contributed by atoms with Gasteiger partial charge in [-0.15, -0.1) is 0 Å². The highest BCUT2D eigenvalue weighted by Crippen LogP contribution is 2.28. The van der Waals surface area contributed by atoms with Crippen LogP contribution >= 0.6 is 15.9 Å². The zero-order chi connectivity index (χ0) is 14.1. The van der Waals surface area contributed by atoms with Crippen LogP contribution in [0.2, 0.25) is 0 Å². The molecule has 0 fully saturated rings. The quantitative estimate of drug-likeness (QED) is 0.780. The average molecular weight is 329 g/mol. The molecule has 5 heteroatoms. The number of anilines is 1. The number of pyridine rings is 1. The van der Waals surface area contributed by atoms with E-state index < -0.39 is 0 Å². The molecule has 4 nitrogen and oxygen atoms in total. The highest BCUT2D eigenvalue weighted by molar-refractivity contribution is 9.10.